The minimum absolute atomic E-state index is 0.162. The minimum Gasteiger partial charge on any atom is -0.351 e. The summed E-state index contributed by atoms with van der Waals surface area (Å²) in [5, 5.41) is 5.97. The number of carbonyl (C=O) groups excluding carboxylic acids is 1. The second kappa shape index (κ2) is 8.40. The normalized spacial score (nSPS) is 10.9. The first-order valence-electron chi connectivity index (χ1n) is 8.07. The molecule has 6 heteroatoms. The second-order valence-corrected chi connectivity index (χ2v) is 6.26. The van der Waals surface area contributed by atoms with Crippen molar-refractivity contribution in [3.05, 3.63) is 47.8 Å². The zero-order valence-electron chi connectivity index (χ0n) is 14.7. The fourth-order valence-corrected chi connectivity index (χ4v) is 2.09. The van der Waals surface area contributed by atoms with Crippen molar-refractivity contribution in [2.24, 2.45) is 0 Å². The molecule has 1 aromatic heterocycles. The zero-order valence-corrected chi connectivity index (χ0v) is 14.7. The summed E-state index contributed by atoms with van der Waals surface area (Å²) in [6.45, 7) is 5.70. The molecule has 0 spiro atoms. The topological polar surface area (TPSA) is 70.2 Å². The van der Waals surface area contributed by atoms with Gasteiger partial charge in [0.2, 0.25) is 5.95 Å². The molecule has 2 N–H and O–H groups in total. The molecule has 1 aromatic carbocycles. The van der Waals surface area contributed by atoms with Gasteiger partial charge < -0.3 is 15.5 Å². The van der Waals surface area contributed by atoms with E-state index in [2.05, 4.69) is 46.6 Å². The number of aromatic nitrogens is 2. The van der Waals surface area contributed by atoms with E-state index in [1.807, 2.05) is 31.1 Å². The first kappa shape index (κ1) is 17.9. The summed E-state index contributed by atoms with van der Waals surface area (Å²) in [6.07, 6.45) is 3.06. The van der Waals surface area contributed by atoms with Crippen molar-refractivity contribution in [1.82, 2.24) is 20.2 Å². The number of carbonyl (C=O) groups is 1. The van der Waals surface area contributed by atoms with Crippen LogP contribution in [-0.2, 0) is 0 Å². The smallest absolute Gasteiger partial charge is 0.254 e. The lowest BCUT2D eigenvalue weighted by atomic mass is 10.0. The van der Waals surface area contributed by atoms with Gasteiger partial charge in [-0.3, -0.25) is 4.79 Å². The van der Waals surface area contributed by atoms with Crippen molar-refractivity contribution < 1.29 is 4.79 Å². The number of anilines is 2. The molecule has 1 heterocycles. The highest BCUT2D eigenvalue weighted by molar-refractivity contribution is 5.93. The van der Waals surface area contributed by atoms with Crippen LogP contribution in [0.2, 0.25) is 0 Å². The monoisotopic (exact) mass is 327 g/mol. The Bertz CT molecular complexity index is 650. The lowest BCUT2D eigenvalue weighted by molar-refractivity contribution is 0.0950. The molecule has 1 amide bonds. The second-order valence-electron chi connectivity index (χ2n) is 6.26. The fourth-order valence-electron chi connectivity index (χ4n) is 2.09. The van der Waals surface area contributed by atoms with Crippen LogP contribution in [-0.4, -0.2) is 48.0 Å². The van der Waals surface area contributed by atoms with Crippen molar-refractivity contribution in [2.75, 3.05) is 32.5 Å². The van der Waals surface area contributed by atoms with Crippen LogP contribution < -0.4 is 10.6 Å². The van der Waals surface area contributed by atoms with Gasteiger partial charge in [0.1, 0.15) is 0 Å². The molecule has 2 aromatic rings. The third-order valence-corrected chi connectivity index (χ3v) is 3.59. The predicted molar refractivity (Wildman–Crippen MR) is 96.7 cm³/mol. The maximum absolute atomic E-state index is 12.0. The minimum atomic E-state index is -0.162. The van der Waals surface area contributed by atoms with Gasteiger partial charge in [-0.2, -0.15) is 0 Å². The first-order valence-corrected chi connectivity index (χ1v) is 8.07. The van der Waals surface area contributed by atoms with E-state index >= 15 is 0 Å². The summed E-state index contributed by atoms with van der Waals surface area (Å²) >= 11 is 0. The van der Waals surface area contributed by atoms with E-state index in [0.29, 0.717) is 24.0 Å². The van der Waals surface area contributed by atoms with Gasteiger partial charge in [-0.1, -0.05) is 26.0 Å². The third kappa shape index (κ3) is 5.31. The van der Waals surface area contributed by atoms with Crippen LogP contribution in [0.15, 0.2) is 36.7 Å². The van der Waals surface area contributed by atoms with Crippen LogP contribution in [0, 0.1) is 0 Å². The molecule has 6 nitrogen and oxygen atoms in total. The van der Waals surface area contributed by atoms with Gasteiger partial charge in [-0.15, -0.1) is 0 Å². The average molecular weight is 327 g/mol. The largest absolute Gasteiger partial charge is 0.351 e. The molecular formula is C18H25N5O. The Balaban J connectivity index is 1.92. The van der Waals surface area contributed by atoms with E-state index in [9.17, 15) is 4.79 Å². The molecule has 0 aliphatic carbocycles. The summed E-state index contributed by atoms with van der Waals surface area (Å²) in [4.78, 5) is 22.4. The van der Waals surface area contributed by atoms with Crippen LogP contribution >= 0.6 is 0 Å². The fraction of sp³-hybridized carbons (Fsp3) is 0.389. The Hall–Kier alpha value is -2.47. The Labute approximate surface area is 143 Å². The molecule has 128 valence electrons. The average Bonchev–Trinajstić information content (AvgIpc) is 2.55. The van der Waals surface area contributed by atoms with E-state index < -0.39 is 0 Å². The van der Waals surface area contributed by atoms with Gasteiger partial charge in [0, 0.05) is 31.2 Å². The van der Waals surface area contributed by atoms with E-state index in [0.717, 1.165) is 12.2 Å². The molecule has 0 saturated heterocycles. The number of hydrogen-bond acceptors (Lipinski definition) is 5. The number of hydrogen-bond donors (Lipinski definition) is 2. The molecule has 0 fully saturated rings. The SMILES string of the molecule is CC(C)c1ccc(Nc2ncc(C(=O)NCCN(C)C)cn2)cc1. The number of rotatable bonds is 7. The van der Waals surface area contributed by atoms with Crippen LogP contribution in [0.4, 0.5) is 11.6 Å². The van der Waals surface area contributed by atoms with Crippen molar-refractivity contribution in [3.63, 3.8) is 0 Å². The van der Waals surface area contributed by atoms with Crippen LogP contribution in [0.1, 0.15) is 35.7 Å². The van der Waals surface area contributed by atoms with E-state index in [1.165, 1.54) is 18.0 Å². The molecule has 0 saturated carbocycles. The number of likely N-dealkylation sites (N-methyl/N-ethyl adjacent to an activating group) is 1. The third-order valence-electron chi connectivity index (χ3n) is 3.59. The molecule has 2 rings (SSSR count). The summed E-state index contributed by atoms with van der Waals surface area (Å²) in [5.74, 6) is 0.808. The highest BCUT2D eigenvalue weighted by Crippen LogP contribution is 2.18. The highest BCUT2D eigenvalue weighted by atomic mass is 16.1. The van der Waals surface area contributed by atoms with Crippen molar-refractivity contribution in [3.8, 4) is 0 Å². The zero-order chi connectivity index (χ0) is 17.5. The molecule has 0 aliphatic rings. The maximum atomic E-state index is 12.0. The summed E-state index contributed by atoms with van der Waals surface area (Å²) in [5.41, 5.74) is 2.66. The standard InChI is InChI=1S/C18H25N5O/c1-13(2)14-5-7-16(8-6-14)22-18-20-11-15(12-21-18)17(24)19-9-10-23(3)4/h5-8,11-13H,9-10H2,1-4H3,(H,19,24)(H,20,21,22). The summed E-state index contributed by atoms with van der Waals surface area (Å²) < 4.78 is 0. The van der Waals surface area contributed by atoms with Gasteiger partial charge >= 0.3 is 0 Å². The lowest BCUT2D eigenvalue weighted by Gasteiger charge is -2.10. The number of nitrogens with zero attached hydrogens (tertiary/aromatic N) is 3. The van der Waals surface area contributed by atoms with Crippen molar-refractivity contribution in [2.45, 2.75) is 19.8 Å². The molecule has 0 aliphatic heterocycles. The first-order chi connectivity index (χ1) is 11.5. The number of nitrogens with one attached hydrogen (secondary N) is 2. The van der Waals surface area contributed by atoms with Crippen LogP contribution in [0.3, 0.4) is 0 Å². The molecule has 0 radical (unpaired) electrons. The maximum Gasteiger partial charge on any atom is 0.254 e. The Kier molecular flexibility index (Phi) is 6.26. The Morgan fingerprint density at radius 1 is 1.12 bits per heavy atom. The Morgan fingerprint density at radius 2 is 1.75 bits per heavy atom. The molecule has 0 atom stereocenters. The molecule has 24 heavy (non-hydrogen) atoms. The van der Waals surface area contributed by atoms with Gasteiger partial charge in [0.15, 0.2) is 0 Å². The number of amides is 1. The van der Waals surface area contributed by atoms with Crippen LogP contribution in [0.5, 0.6) is 0 Å². The highest BCUT2D eigenvalue weighted by Gasteiger charge is 2.07. The molecule has 0 bridgehead atoms. The van der Waals surface area contributed by atoms with E-state index in [-0.39, 0.29) is 5.91 Å². The van der Waals surface area contributed by atoms with Gasteiger partial charge in [-0.05, 0) is 37.7 Å². The van der Waals surface area contributed by atoms with Crippen LogP contribution in [0.25, 0.3) is 0 Å². The molecule has 0 unspecified atom stereocenters. The molecular weight excluding hydrogens is 302 g/mol. The van der Waals surface area contributed by atoms with Crippen molar-refractivity contribution >= 4 is 17.5 Å². The summed E-state index contributed by atoms with van der Waals surface area (Å²) in [7, 11) is 3.92. The van der Waals surface area contributed by atoms with E-state index in [1.54, 1.807) is 0 Å². The summed E-state index contributed by atoms with van der Waals surface area (Å²) in [6, 6.07) is 8.17. The van der Waals surface area contributed by atoms with Crippen molar-refractivity contribution in [1.29, 1.82) is 0 Å². The quantitative estimate of drug-likeness (QED) is 0.818. The van der Waals surface area contributed by atoms with Gasteiger partial charge in [-0.25, -0.2) is 9.97 Å². The predicted octanol–water partition coefficient (Wildman–Crippen LogP) is 2.64. The van der Waals surface area contributed by atoms with Gasteiger partial charge in [0.25, 0.3) is 5.91 Å². The van der Waals surface area contributed by atoms with Gasteiger partial charge in [0.05, 0.1) is 5.56 Å². The lowest BCUT2D eigenvalue weighted by Crippen LogP contribution is -2.31. The Morgan fingerprint density at radius 3 is 2.29 bits per heavy atom. The van der Waals surface area contributed by atoms with E-state index in [4.69, 9.17) is 0 Å². The number of benzene rings is 1.